The lowest BCUT2D eigenvalue weighted by atomic mass is 10.2. The number of aryl methyl sites for hydroxylation is 1. The van der Waals surface area contributed by atoms with E-state index in [1.807, 2.05) is 0 Å². The van der Waals surface area contributed by atoms with Crippen LogP contribution in [0.25, 0.3) is 0 Å². The fourth-order valence-corrected chi connectivity index (χ4v) is 2.57. The molecular formula is C16H15F2NOS. The van der Waals surface area contributed by atoms with E-state index in [1.54, 1.807) is 31.2 Å². The molecule has 0 saturated heterocycles. The standard InChI is InChI=1S/C16H15F2NOS/c1-11-5-6-15(14(18)7-11)19-16(20)10-21-9-12-3-2-4-13(17)8-12/h2-8H,9-10H2,1H3,(H,19,20). The highest BCUT2D eigenvalue weighted by Crippen LogP contribution is 2.17. The van der Waals surface area contributed by atoms with Gasteiger partial charge >= 0.3 is 0 Å². The Balaban J connectivity index is 1.82. The molecule has 0 heterocycles. The number of halogens is 2. The number of carbonyl (C=O) groups is 1. The van der Waals surface area contributed by atoms with Crippen LogP contribution in [-0.4, -0.2) is 11.7 Å². The van der Waals surface area contributed by atoms with Crippen LogP contribution in [0, 0.1) is 18.6 Å². The maximum atomic E-state index is 13.6. The normalized spacial score (nSPS) is 10.4. The molecule has 2 aromatic carbocycles. The molecule has 1 N–H and O–H groups in total. The molecule has 0 aliphatic heterocycles. The van der Waals surface area contributed by atoms with Crippen molar-refractivity contribution in [2.24, 2.45) is 0 Å². The number of carbonyl (C=O) groups excluding carboxylic acids is 1. The topological polar surface area (TPSA) is 29.1 Å². The van der Waals surface area contributed by atoms with Crippen LogP contribution < -0.4 is 5.32 Å². The summed E-state index contributed by atoms with van der Waals surface area (Å²) in [6.07, 6.45) is 0. The molecule has 1 amide bonds. The number of anilines is 1. The lowest BCUT2D eigenvalue weighted by Gasteiger charge is -2.07. The van der Waals surface area contributed by atoms with Crippen molar-refractivity contribution >= 4 is 23.4 Å². The minimum Gasteiger partial charge on any atom is -0.323 e. The molecular weight excluding hydrogens is 292 g/mol. The molecule has 0 bridgehead atoms. The van der Waals surface area contributed by atoms with Crippen molar-refractivity contribution in [3.63, 3.8) is 0 Å². The summed E-state index contributed by atoms with van der Waals surface area (Å²) in [6, 6.07) is 10.9. The van der Waals surface area contributed by atoms with Gasteiger partial charge in [-0.05, 0) is 42.3 Å². The molecule has 2 rings (SSSR count). The maximum absolute atomic E-state index is 13.6. The second-order valence-corrected chi connectivity index (χ2v) is 5.64. The number of nitrogens with one attached hydrogen (secondary N) is 1. The van der Waals surface area contributed by atoms with E-state index in [9.17, 15) is 13.6 Å². The number of hydrogen-bond donors (Lipinski definition) is 1. The van der Waals surface area contributed by atoms with Crippen LogP contribution in [0.3, 0.4) is 0 Å². The van der Waals surface area contributed by atoms with E-state index in [0.717, 1.165) is 11.1 Å². The van der Waals surface area contributed by atoms with Gasteiger partial charge in [0, 0.05) is 5.75 Å². The van der Waals surface area contributed by atoms with Crippen LogP contribution in [0.15, 0.2) is 42.5 Å². The highest BCUT2D eigenvalue weighted by atomic mass is 32.2. The van der Waals surface area contributed by atoms with Crippen LogP contribution in [0.1, 0.15) is 11.1 Å². The van der Waals surface area contributed by atoms with Gasteiger partial charge in [0.25, 0.3) is 0 Å². The van der Waals surface area contributed by atoms with Gasteiger partial charge in [0.05, 0.1) is 11.4 Å². The molecule has 0 unspecified atom stereocenters. The molecule has 0 fully saturated rings. The third kappa shape index (κ3) is 4.86. The van der Waals surface area contributed by atoms with E-state index in [2.05, 4.69) is 5.32 Å². The third-order valence-corrected chi connectivity index (χ3v) is 3.79. The van der Waals surface area contributed by atoms with Crippen molar-refractivity contribution in [3.05, 3.63) is 65.2 Å². The molecule has 2 nitrogen and oxygen atoms in total. The molecule has 5 heteroatoms. The number of benzene rings is 2. The zero-order valence-corrected chi connectivity index (χ0v) is 12.3. The summed E-state index contributed by atoms with van der Waals surface area (Å²) in [4.78, 5) is 11.7. The highest BCUT2D eigenvalue weighted by Gasteiger charge is 2.07. The summed E-state index contributed by atoms with van der Waals surface area (Å²) < 4.78 is 26.6. The number of rotatable bonds is 5. The van der Waals surface area contributed by atoms with Gasteiger partial charge in [-0.2, -0.15) is 0 Å². The van der Waals surface area contributed by atoms with Gasteiger partial charge < -0.3 is 5.32 Å². The van der Waals surface area contributed by atoms with Gasteiger partial charge in [0.15, 0.2) is 0 Å². The predicted octanol–water partition coefficient (Wildman–Crippen LogP) is 4.15. The largest absolute Gasteiger partial charge is 0.323 e. The zero-order chi connectivity index (χ0) is 15.2. The van der Waals surface area contributed by atoms with E-state index in [-0.39, 0.29) is 23.2 Å². The van der Waals surface area contributed by atoms with Gasteiger partial charge in [0.2, 0.25) is 5.91 Å². The monoisotopic (exact) mass is 307 g/mol. The Hall–Kier alpha value is -1.88. The van der Waals surface area contributed by atoms with E-state index < -0.39 is 5.82 Å². The van der Waals surface area contributed by atoms with E-state index in [0.29, 0.717) is 5.75 Å². The number of hydrogen-bond acceptors (Lipinski definition) is 2. The quantitative estimate of drug-likeness (QED) is 0.899. The Morgan fingerprint density at radius 3 is 2.71 bits per heavy atom. The van der Waals surface area contributed by atoms with Crippen LogP contribution in [-0.2, 0) is 10.5 Å². The molecule has 0 saturated carbocycles. The van der Waals surface area contributed by atoms with E-state index in [1.165, 1.54) is 30.0 Å². The average Bonchev–Trinajstić information content (AvgIpc) is 2.42. The molecule has 0 spiro atoms. The molecule has 0 aliphatic carbocycles. The predicted molar refractivity (Wildman–Crippen MR) is 82.3 cm³/mol. The van der Waals surface area contributed by atoms with E-state index in [4.69, 9.17) is 0 Å². The number of amides is 1. The van der Waals surface area contributed by atoms with Crippen molar-refractivity contribution < 1.29 is 13.6 Å². The lowest BCUT2D eigenvalue weighted by Crippen LogP contribution is -2.15. The molecule has 0 aromatic heterocycles. The summed E-state index contributed by atoms with van der Waals surface area (Å²) in [7, 11) is 0. The number of thioether (sulfide) groups is 1. The molecule has 110 valence electrons. The van der Waals surface area contributed by atoms with Gasteiger partial charge in [0.1, 0.15) is 11.6 Å². The summed E-state index contributed by atoms with van der Waals surface area (Å²) in [5.74, 6) is -0.303. The Labute approximate surface area is 126 Å². The Morgan fingerprint density at radius 1 is 1.19 bits per heavy atom. The summed E-state index contributed by atoms with van der Waals surface area (Å²) in [5.41, 5.74) is 1.79. The zero-order valence-electron chi connectivity index (χ0n) is 11.5. The smallest absolute Gasteiger partial charge is 0.234 e. The SMILES string of the molecule is Cc1ccc(NC(=O)CSCc2cccc(F)c2)c(F)c1. The van der Waals surface area contributed by atoms with Crippen molar-refractivity contribution in [1.29, 1.82) is 0 Å². The first kappa shape index (κ1) is 15.5. The summed E-state index contributed by atoms with van der Waals surface area (Å²) >= 11 is 1.35. The summed E-state index contributed by atoms with van der Waals surface area (Å²) in [5, 5.41) is 2.53. The summed E-state index contributed by atoms with van der Waals surface area (Å²) in [6.45, 7) is 1.78. The fraction of sp³-hybridized carbons (Fsp3) is 0.188. The first-order chi connectivity index (χ1) is 10.0. The van der Waals surface area contributed by atoms with E-state index >= 15 is 0 Å². The second kappa shape index (κ2) is 7.22. The average molecular weight is 307 g/mol. The van der Waals surface area contributed by atoms with Gasteiger partial charge in [-0.15, -0.1) is 11.8 Å². The highest BCUT2D eigenvalue weighted by molar-refractivity contribution is 7.99. The minimum atomic E-state index is -0.446. The van der Waals surface area contributed by atoms with Crippen molar-refractivity contribution in [3.8, 4) is 0 Å². The molecule has 0 radical (unpaired) electrons. The molecule has 2 aromatic rings. The van der Waals surface area contributed by atoms with Crippen LogP contribution in [0.4, 0.5) is 14.5 Å². The lowest BCUT2D eigenvalue weighted by molar-refractivity contribution is -0.113. The Bertz CT molecular complexity index is 646. The Kier molecular flexibility index (Phi) is 5.33. The molecule has 21 heavy (non-hydrogen) atoms. The third-order valence-electron chi connectivity index (χ3n) is 2.79. The fourth-order valence-electron chi connectivity index (χ4n) is 1.80. The molecule has 0 aliphatic rings. The first-order valence-electron chi connectivity index (χ1n) is 6.43. The van der Waals surface area contributed by atoms with Crippen molar-refractivity contribution in [2.45, 2.75) is 12.7 Å². The van der Waals surface area contributed by atoms with Crippen LogP contribution in [0.2, 0.25) is 0 Å². The second-order valence-electron chi connectivity index (χ2n) is 4.65. The Morgan fingerprint density at radius 2 is 2.00 bits per heavy atom. The van der Waals surface area contributed by atoms with Crippen molar-refractivity contribution in [1.82, 2.24) is 0 Å². The maximum Gasteiger partial charge on any atom is 0.234 e. The van der Waals surface area contributed by atoms with Crippen molar-refractivity contribution in [2.75, 3.05) is 11.1 Å². The molecule has 0 atom stereocenters. The van der Waals surface area contributed by atoms with Gasteiger partial charge in [-0.3, -0.25) is 4.79 Å². The van der Waals surface area contributed by atoms with Crippen LogP contribution >= 0.6 is 11.8 Å². The van der Waals surface area contributed by atoms with Gasteiger partial charge in [-0.1, -0.05) is 18.2 Å². The van der Waals surface area contributed by atoms with Crippen LogP contribution in [0.5, 0.6) is 0 Å². The minimum absolute atomic E-state index is 0.178. The van der Waals surface area contributed by atoms with Gasteiger partial charge in [-0.25, -0.2) is 8.78 Å². The first-order valence-corrected chi connectivity index (χ1v) is 7.58.